The number of hydrogen-bond donors (Lipinski definition) is 1. The summed E-state index contributed by atoms with van der Waals surface area (Å²) in [5.74, 6) is -0.421. The second kappa shape index (κ2) is 14.5. The molecule has 1 N–H and O–H groups in total. The largest absolute Gasteiger partial charge is 0.497 e. The Balaban J connectivity index is 2.06. The Morgan fingerprint density at radius 1 is 0.951 bits per heavy atom. The van der Waals surface area contributed by atoms with Crippen molar-refractivity contribution in [2.75, 3.05) is 31.1 Å². The molecule has 0 aliphatic carbocycles. The Labute approximate surface area is 240 Å². The van der Waals surface area contributed by atoms with E-state index < -0.39 is 34.3 Å². The second-order valence-corrected chi connectivity index (χ2v) is 10.9. The molecule has 0 heterocycles. The first kappa shape index (κ1) is 31.4. The smallest absolute Gasteiger partial charge is 0.264 e. The van der Waals surface area contributed by atoms with Crippen molar-refractivity contribution in [1.82, 2.24) is 10.2 Å². The third kappa shape index (κ3) is 7.97. The Kier molecular flexibility index (Phi) is 11.1. The number of nitrogens with zero attached hydrogens (tertiary/aromatic N) is 2. The first-order valence-electron chi connectivity index (χ1n) is 13.4. The fraction of sp³-hybridized carbons (Fsp3) is 0.333. The molecule has 2 amide bonds. The number of nitrogens with one attached hydrogen (secondary N) is 1. The predicted octanol–water partition coefficient (Wildman–Crippen LogP) is 4.37. The number of methoxy groups -OCH3 is 1. The molecule has 0 unspecified atom stereocenters. The molecule has 3 rings (SSSR count). The molecule has 1 atom stereocenters. The molecule has 11 heteroatoms. The summed E-state index contributed by atoms with van der Waals surface area (Å²) in [7, 11) is -2.78. The first-order valence-corrected chi connectivity index (χ1v) is 14.8. The molecule has 0 aromatic heterocycles. The first-order chi connectivity index (χ1) is 19.6. The normalized spacial score (nSPS) is 11.8. The van der Waals surface area contributed by atoms with Gasteiger partial charge in [-0.15, -0.1) is 0 Å². The monoisotopic (exact) mass is 585 g/mol. The Hall–Kier alpha value is -4.12. The molecule has 3 aromatic carbocycles. The zero-order valence-corrected chi connectivity index (χ0v) is 24.5. The third-order valence-corrected chi connectivity index (χ3v) is 8.13. The molecule has 3 aromatic rings. The summed E-state index contributed by atoms with van der Waals surface area (Å²) < 4.78 is 53.1. The molecule has 9 nitrogen and oxygen atoms in total. The van der Waals surface area contributed by atoms with Crippen molar-refractivity contribution in [2.24, 2.45) is 0 Å². The molecule has 0 spiro atoms. The van der Waals surface area contributed by atoms with Gasteiger partial charge in [0.25, 0.3) is 10.0 Å². The lowest BCUT2D eigenvalue weighted by Crippen LogP contribution is -2.52. The summed E-state index contributed by atoms with van der Waals surface area (Å²) in [5.41, 5.74) is 0.910. The van der Waals surface area contributed by atoms with Gasteiger partial charge in [0.05, 0.1) is 24.3 Å². The van der Waals surface area contributed by atoms with Gasteiger partial charge in [-0.2, -0.15) is 0 Å². The van der Waals surface area contributed by atoms with Crippen LogP contribution in [0.15, 0.2) is 77.7 Å². The molecule has 41 heavy (non-hydrogen) atoms. The average molecular weight is 586 g/mol. The van der Waals surface area contributed by atoms with E-state index in [9.17, 15) is 22.4 Å². The van der Waals surface area contributed by atoms with Gasteiger partial charge in [-0.3, -0.25) is 13.9 Å². The molecular weight excluding hydrogens is 549 g/mol. The standard InChI is InChI=1S/C30H36FN3O6S/c1-5-28(30(36)32-6-2)33(20-22-9-8-10-26(19-22)39-4)29(35)21-34(24-13-15-25(16-14-24)40-7-3)41(37,38)27-17-11-23(31)12-18-27/h8-19,28H,5-7,20-21H2,1-4H3,(H,32,36)/t28-/m1/s1. The number of benzene rings is 3. The summed E-state index contributed by atoms with van der Waals surface area (Å²) in [6.07, 6.45) is 0.301. The molecule has 0 aliphatic rings. The highest BCUT2D eigenvalue weighted by Gasteiger charge is 2.33. The van der Waals surface area contributed by atoms with Crippen LogP contribution in [0.3, 0.4) is 0 Å². The summed E-state index contributed by atoms with van der Waals surface area (Å²) in [6, 6.07) is 16.9. The van der Waals surface area contributed by atoms with Gasteiger partial charge < -0.3 is 19.7 Å². The lowest BCUT2D eigenvalue weighted by Gasteiger charge is -2.33. The summed E-state index contributed by atoms with van der Waals surface area (Å²) >= 11 is 0. The summed E-state index contributed by atoms with van der Waals surface area (Å²) in [5, 5.41) is 2.77. The number of anilines is 1. The lowest BCUT2D eigenvalue weighted by molar-refractivity contribution is -0.140. The molecular formula is C30H36FN3O6S. The highest BCUT2D eigenvalue weighted by Crippen LogP contribution is 2.27. The number of carbonyl (C=O) groups is 2. The van der Waals surface area contributed by atoms with E-state index >= 15 is 0 Å². The minimum absolute atomic E-state index is 0.0411. The fourth-order valence-electron chi connectivity index (χ4n) is 4.32. The van der Waals surface area contributed by atoms with Gasteiger partial charge in [-0.05, 0) is 86.5 Å². The predicted molar refractivity (Wildman–Crippen MR) is 155 cm³/mol. The van der Waals surface area contributed by atoms with Crippen LogP contribution >= 0.6 is 0 Å². The minimum Gasteiger partial charge on any atom is -0.497 e. The third-order valence-electron chi connectivity index (χ3n) is 6.34. The summed E-state index contributed by atoms with van der Waals surface area (Å²) in [4.78, 5) is 28.2. The fourth-order valence-corrected chi connectivity index (χ4v) is 5.73. The van der Waals surface area contributed by atoms with Crippen molar-refractivity contribution in [1.29, 1.82) is 0 Å². The lowest BCUT2D eigenvalue weighted by atomic mass is 10.1. The number of hydrogen-bond acceptors (Lipinski definition) is 6. The van der Waals surface area contributed by atoms with E-state index in [4.69, 9.17) is 9.47 Å². The number of likely N-dealkylation sites (N-methyl/N-ethyl adjacent to an activating group) is 1. The molecule has 220 valence electrons. The number of sulfonamides is 1. The minimum atomic E-state index is -4.31. The van der Waals surface area contributed by atoms with Crippen LogP contribution < -0.4 is 19.1 Å². The molecule has 0 bridgehead atoms. The van der Waals surface area contributed by atoms with E-state index in [-0.39, 0.29) is 23.0 Å². The van der Waals surface area contributed by atoms with Crippen molar-refractivity contribution < 1.29 is 31.9 Å². The Morgan fingerprint density at radius 2 is 1.63 bits per heavy atom. The van der Waals surface area contributed by atoms with E-state index in [1.54, 1.807) is 50.2 Å². The topological polar surface area (TPSA) is 105 Å². The maximum absolute atomic E-state index is 14.0. The van der Waals surface area contributed by atoms with Crippen LogP contribution in [0.25, 0.3) is 0 Å². The average Bonchev–Trinajstić information content (AvgIpc) is 2.96. The van der Waals surface area contributed by atoms with Crippen LogP contribution in [0.2, 0.25) is 0 Å². The quantitative estimate of drug-likeness (QED) is 0.301. The maximum atomic E-state index is 14.0. The zero-order valence-electron chi connectivity index (χ0n) is 23.7. The van der Waals surface area contributed by atoms with Gasteiger partial charge in [-0.1, -0.05) is 19.1 Å². The second-order valence-electron chi connectivity index (χ2n) is 9.08. The van der Waals surface area contributed by atoms with Crippen LogP contribution in [-0.4, -0.2) is 58.0 Å². The number of carbonyl (C=O) groups excluding carboxylic acids is 2. The van der Waals surface area contributed by atoms with Crippen LogP contribution in [0, 0.1) is 5.82 Å². The van der Waals surface area contributed by atoms with Gasteiger partial charge in [0.15, 0.2) is 0 Å². The van der Waals surface area contributed by atoms with Gasteiger partial charge >= 0.3 is 0 Å². The highest BCUT2D eigenvalue weighted by atomic mass is 32.2. The van der Waals surface area contributed by atoms with Gasteiger partial charge in [0.1, 0.15) is 29.9 Å². The van der Waals surface area contributed by atoms with E-state index in [0.29, 0.717) is 36.6 Å². The van der Waals surface area contributed by atoms with E-state index in [1.807, 2.05) is 6.92 Å². The van der Waals surface area contributed by atoms with Crippen molar-refractivity contribution in [3.8, 4) is 11.5 Å². The molecule has 0 aliphatic heterocycles. The number of halogens is 1. The van der Waals surface area contributed by atoms with Crippen LogP contribution in [0.4, 0.5) is 10.1 Å². The molecule has 0 saturated heterocycles. The zero-order chi connectivity index (χ0) is 30.0. The van der Waals surface area contributed by atoms with Gasteiger partial charge in [0, 0.05) is 13.1 Å². The van der Waals surface area contributed by atoms with E-state index in [1.165, 1.54) is 24.1 Å². The van der Waals surface area contributed by atoms with Gasteiger partial charge in [-0.25, -0.2) is 12.8 Å². The Morgan fingerprint density at radius 3 is 2.22 bits per heavy atom. The van der Waals surface area contributed by atoms with Crippen LogP contribution in [0.5, 0.6) is 11.5 Å². The van der Waals surface area contributed by atoms with E-state index in [2.05, 4.69) is 5.32 Å². The van der Waals surface area contributed by atoms with Crippen molar-refractivity contribution in [3.63, 3.8) is 0 Å². The van der Waals surface area contributed by atoms with Crippen LogP contribution in [0.1, 0.15) is 32.8 Å². The molecule has 0 radical (unpaired) electrons. The summed E-state index contributed by atoms with van der Waals surface area (Å²) in [6.45, 7) is 5.62. The SMILES string of the molecule is CCNC(=O)[C@@H](CC)N(Cc1cccc(OC)c1)C(=O)CN(c1ccc(OCC)cc1)S(=O)(=O)c1ccc(F)cc1. The van der Waals surface area contributed by atoms with Crippen molar-refractivity contribution in [3.05, 3.63) is 84.2 Å². The van der Waals surface area contributed by atoms with Crippen LogP contribution in [-0.2, 0) is 26.2 Å². The molecule has 0 fully saturated rings. The van der Waals surface area contributed by atoms with E-state index in [0.717, 1.165) is 28.6 Å². The number of rotatable bonds is 14. The maximum Gasteiger partial charge on any atom is 0.264 e. The number of amides is 2. The Bertz CT molecular complexity index is 1410. The van der Waals surface area contributed by atoms with Gasteiger partial charge in [0.2, 0.25) is 11.8 Å². The van der Waals surface area contributed by atoms with Crippen molar-refractivity contribution in [2.45, 2.75) is 44.7 Å². The molecule has 0 saturated carbocycles. The van der Waals surface area contributed by atoms with Crippen molar-refractivity contribution >= 4 is 27.5 Å². The number of ether oxygens (including phenoxy) is 2. The highest BCUT2D eigenvalue weighted by molar-refractivity contribution is 7.92.